The molecule has 2 aromatic rings. The standard InChI is InChI=1S/C8H7N3O3/c9-5-4-3(12)1-2-10-7(4)11-6(5)8(13)14/h1-2H,9H2,(H,13,14)(H2,10,11,12). The van der Waals surface area contributed by atoms with Gasteiger partial charge in [-0.3, -0.25) is 4.79 Å². The Morgan fingerprint density at radius 1 is 1.50 bits per heavy atom. The first kappa shape index (κ1) is 8.36. The number of hydrogen-bond donors (Lipinski definition) is 4. The van der Waals surface area contributed by atoms with Gasteiger partial charge in [-0.15, -0.1) is 0 Å². The van der Waals surface area contributed by atoms with E-state index < -0.39 is 5.97 Å². The summed E-state index contributed by atoms with van der Waals surface area (Å²) in [6.07, 6.45) is 1.42. The fraction of sp³-hybridized carbons (Fsp3) is 0. The number of fused-ring (bicyclic) bond motifs is 1. The number of nitrogen functional groups attached to an aromatic ring is 1. The number of rotatable bonds is 1. The van der Waals surface area contributed by atoms with Crippen LogP contribution in [0.2, 0.25) is 0 Å². The Hall–Kier alpha value is -2.24. The molecule has 0 fully saturated rings. The maximum absolute atomic E-state index is 11.3. The van der Waals surface area contributed by atoms with Crippen molar-refractivity contribution in [3.8, 4) is 0 Å². The summed E-state index contributed by atoms with van der Waals surface area (Å²) in [5.41, 5.74) is 5.33. The molecule has 5 N–H and O–H groups in total. The SMILES string of the molecule is Nc1c(C(=O)O)[nH]c2[nH]ccc(=O)c12. The number of aromatic amines is 2. The van der Waals surface area contributed by atoms with E-state index in [1.165, 1.54) is 12.3 Å². The predicted octanol–water partition coefficient (Wildman–Crippen LogP) is 0.137. The van der Waals surface area contributed by atoms with Crippen LogP contribution in [0.25, 0.3) is 11.0 Å². The lowest BCUT2D eigenvalue weighted by atomic mass is 10.2. The summed E-state index contributed by atoms with van der Waals surface area (Å²) in [6, 6.07) is 1.29. The Kier molecular flexibility index (Phi) is 1.57. The van der Waals surface area contributed by atoms with E-state index in [9.17, 15) is 9.59 Å². The summed E-state index contributed by atoms with van der Waals surface area (Å²) in [6.45, 7) is 0. The van der Waals surface area contributed by atoms with Gasteiger partial charge in [0.1, 0.15) is 11.3 Å². The zero-order valence-electron chi connectivity index (χ0n) is 7.00. The van der Waals surface area contributed by atoms with E-state index >= 15 is 0 Å². The highest BCUT2D eigenvalue weighted by Gasteiger charge is 2.16. The summed E-state index contributed by atoms with van der Waals surface area (Å²) < 4.78 is 0. The van der Waals surface area contributed by atoms with Crippen LogP contribution in [0.15, 0.2) is 17.1 Å². The van der Waals surface area contributed by atoms with Gasteiger partial charge in [0.2, 0.25) is 0 Å². The Bertz CT molecular complexity index is 567. The number of aromatic carboxylic acids is 1. The lowest BCUT2D eigenvalue weighted by Crippen LogP contribution is -2.03. The van der Waals surface area contributed by atoms with Crippen LogP contribution in [0.1, 0.15) is 10.5 Å². The lowest BCUT2D eigenvalue weighted by molar-refractivity contribution is 0.0692. The van der Waals surface area contributed by atoms with Crippen LogP contribution >= 0.6 is 0 Å². The number of nitrogens with two attached hydrogens (primary N) is 1. The van der Waals surface area contributed by atoms with E-state index in [4.69, 9.17) is 10.8 Å². The van der Waals surface area contributed by atoms with Gasteiger partial charge in [-0.1, -0.05) is 0 Å². The smallest absolute Gasteiger partial charge is 0.354 e. The maximum Gasteiger partial charge on any atom is 0.354 e. The van der Waals surface area contributed by atoms with E-state index in [0.717, 1.165) is 0 Å². The monoisotopic (exact) mass is 193 g/mol. The first-order chi connectivity index (χ1) is 6.61. The van der Waals surface area contributed by atoms with Gasteiger partial charge < -0.3 is 20.8 Å². The third-order valence-electron chi connectivity index (χ3n) is 1.96. The van der Waals surface area contributed by atoms with E-state index in [0.29, 0.717) is 5.65 Å². The van der Waals surface area contributed by atoms with Crippen molar-refractivity contribution in [3.05, 3.63) is 28.2 Å². The molecule has 0 aromatic carbocycles. The molecule has 6 nitrogen and oxygen atoms in total. The van der Waals surface area contributed by atoms with Crippen LogP contribution in [0.5, 0.6) is 0 Å². The summed E-state index contributed by atoms with van der Waals surface area (Å²) >= 11 is 0. The number of hydrogen-bond acceptors (Lipinski definition) is 3. The Morgan fingerprint density at radius 3 is 2.79 bits per heavy atom. The highest BCUT2D eigenvalue weighted by atomic mass is 16.4. The molecule has 2 rings (SSSR count). The number of aromatic nitrogens is 2. The quantitative estimate of drug-likeness (QED) is 0.515. The Morgan fingerprint density at radius 2 is 2.21 bits per heavy atom. The molecule has 0 spiro atoms. The highest BCUT2D eigenvalue weighted by molar-refractivity contribution is 6.03. The Balaban J connectivity index is 2.94. The van der Waals surface area contributed by atoms with Crippen molar-refractivity contribution in [2.24, 2.45) is 0 Å². The topological polar surface area (TPSA) is 112 Å². The second-order valence-electron chi connectivity index (χ2n) is 2.81. The van der Waals surface area contributed by atoms with Crippen LogP contribution in [0.4, 0.5) is 5.69 Å². The largest absolute Gasteiger partial charge is 0.477 e. The average molecular weight is 193 g/mol. The minimum Gasteiger partial charge on any atom is -0.477 e. The third-order valence-corrected chi connectivity index (χ3v) is 1.96. The third kappa shape index (κ3) is 0.972. The molecule has 72 valence electrons. The lowest BCUT2D eigenvalue weighted by Gasteiger charge is -1.89. The van der Waals surface area contributed by atoms with E-state index in [-0.39, 0.29) is 22.2 Å². The maximum atomic E-state index is 11.3. The number of anilines is 1. The van der Waals surface area contributed by atoms with Crippen molar-refractivity contribution in [1.29, 1.82) is 0 Å². The van der Waals surface area contributed by atoms with E-state index in [1.54, 1.807) is 0 Å². The molecule has 0 radical (unpaired) electrons. The molecule has 2 aromatic heterocycles. The fourth-order valence-electron chi connectivity index (χ4n) is 1.33. The molecule has 0 unspecified atom stereocenters. The molecule has 0 aliphatic carbocycles. The van der Waals surface area contributed by atoms with Gasteiger partial charge in [0.15, 0.2) is 5.43 Å². The molecule has 0 aliphatic heterocycles. The summed E-state index contributed by atoms with van der Waals surface area (Å²) in [4.78, 5) is 27.2. The summed E-state index contributed by atoms with van der Waals surface area (Å²) in [7, 11) is 0. The van der Waals surface area contributed by atoms with Crippen molar-refractivity contribution >= 4 is 22.7 Å². The van der Waals surface area contributed by atoms with Crippen molar-refractivity contribution in [1.82, 2.24) is 9.97 Å². The molecule has 6 heteroatoms. The highest BCUT2D eigenvalue weighted by Crippen LogP contribution is 2.19. The zero-order chi connectivity index (χ0) is 10.3. The van der Waals surface area contributed by atoms with Gasteiger partial charge in [0, 0.05) is 12.3 Å². The normalized spacial score (nSPS) is 10.6. The molecule has 0 saturated carbocycles. The van der Waals surface area contributed by atoms with E-state index in [2.05, 4.69) is 9.97 Å². The van der Waals surface area contributed by atoms with Gasteiger partial charge in [-0.2, -0.15) is 0 Å². The van der Waals surface area contributed by atoms with Crippen molar-refractivity contribution < 1.29 is 9.90 Å². The first-order valence-corrected chi connectivity index (χ1v) is 3.83. The van der Waals surface area contributed by atoms with Crippen LogP contribution < -0.4 is 11.2 Å². The van der Waals surface area contributed by atoms with Crippen LogP contribution in [-0.4, -0.2) is 21.0 Å². The minimum atomic E-state index is -1.19. The molecule has 0 bridgehead atoms. The molecule has 0 amide bonds. The summed E-state index contributed by atoms with van der Waals surface area (Å²) in [5.74, 6) is -1.19. The molecule has 2 heterocycles. The summed E-state index contributed by atoms with van der Waals surface area (Å²) in [5, 5.41) is 8.92. The minimum absolute atomic E-state index is 0.0330. The molecule has 0 atom stereocenters. The number of carbonyl (C=O) groups is 1. The molecule has 0 aliphatic rings. The van der Waals surface area contributed by atoms with Crippen LogP contribution in [0, 0.1) is 0 Å². The van der Waals surface area contributed by atoms with Gasteiger partial charge in [0.05, 0.1) is 11.1 Å². The van der Waals surface area contributed by atoms with E-state index in [1.807, 2.05) is 0 Å². The molecular formula is C8H7N3O3. The fourth-order valence-corrected chi connectivity index (χ4v) is 1.33. The van der Waals surface area contributed by atoms with Crippen molar-refractivity contribution in [2.75, 3.05) is 5.73 Å². The zero-order valence-corrected chi connectivity index (χ0v) is 7.00. The van der Waals surface area contributed by atoms with Gasteiger partial charge >= 0.3 is 5.97 Å². The number of nitrogens with one attached hydrogen (secondary N) is 2. The van der Waals surface area contributed by atoms with Crippen LogP contribution in [-0.2, 0) is 0 Å². The van der Waals surface area contributed by atoms with Crippen LogP contribution in [0.3, 0.4) is 0 Å². The van der Waals surface area contributed by atoms with Gasteiger partial charge in [0.25, 0.3) is 0 Å². The number of pyridine rings is 1. The van der Waals surface area contributed by atoms with Gasteiger partial charge in [-0.25, -0.2) is 4.79 Å². The average Bonchev–Trinajstić information content (AvgIpc) is 2.45. The van der Waals surface area contributed by atoms with Crippen molar-refractivity contribution in [2.45, 2.75) is 0 Å². The molecular weight excluding hydrogens is 186 g/mol. The molecule has 0 saturated heterocycles. The van der Waals surface area contributed by atoms with Gasteiger partial charge in [-0.05, 0) is 0 Å². The van der Waals surface area contributed by atoms with Crippen molar-refractivity contribution in [3.63, 3.8) is 0 Å². The number of carboxylic acids is 1. The Labute approximate surface area is 77.4 Å². The second kappa shape index (κ2) is 2.63. The first-order valence-electron chi connectivity index (χ1n) is 3.83. The number of H-pyrrole nitrogens is 2. The second-order valence-corrected chi connectivity index (χ2v) is 2.81. The molecule has 14 heavy (non-hydrogen) atoms. The number of carboxylic acid groups (broad SMARTS) is 1. The predicted molar refractivity (Wildman–Crippen MR) is 50.3 cm³/mol.